The molecule has 0 spiro atoms. The summed E-state index contributed by atoms with van der Waals surface area (Å²) in [6.07, 6.45) is 2.29. The van der Waals surface area contributed by atoms with Crippen LogP contribution in [0, 0.1) is 5.82 Å². The Kier molecular flexibility index (Phi) is 11.4. The maximum Gasteiger partial charge on any atom is 0.249 e. The van der Waals surface area contributed by atoms with Crippen molar-refractivity contribution in [1.29, 1.82) is 0 Å². The molecule has 3 amide bonds. The SMILES string of the molecule is CNC(=O)[C@H](Cc1ccccc1F)N(C)C(=O)[C@@H](Cc1ccc(-c2ccccc2)cc1)N(C)C(=O)COCC1CCCN1. The standard InChI is InChI=1S/C34H41FN4O4/c1-36-33(41)30(21-27-12-7-8-14-29(27)35)39(3)34(42)31(38(2)32(40)23-43-22-28-13-9-19-37-28)20-24-15-17-26(18-16-24)25-10-5-4-6-11-25/h4-8,10-12,14-18,28,30-31,37H,9,13,19-23H2,1-3H3,(H,36,41)/t28?,30-,31+/m0/s1. The maximum absolute atomic E-state index is 14.5. The lowest BCUT2D eigenvalue weighted by Gasteiger charge is -2.34. The van der Waals surface area contributed by atoms with Gasteiger partial charge in [0.1, 0.15) is 24.5 Å². The van der Waals surface area contributed by atoms with Crippen molar-refractivity contribution in [3.8, 4) is 11.1 Å². The second-order valence-corrected chi connectivity index (χ2v) is 11.0. The summed E-state index contributed by atoms with van der Waals surface area (Å²) in [5.74, 6) is -1.64. The number of halogens is 1. The number of carbonyl (C=O) groups excluding carboxylic acids is 3. The van der Waals surface area contributed by atoms with Crippen LogP contribution in [0.25, 0.3) is 11.1 Å². The number of amides is 3. The zero-order valence-corrected chi connectivity index (χ0v) is 25.1. The van der Waals surface area contributed by atoms with E-state index in [4.69, 9.17) is 4.74 Å². The average molecular weight is 589 g/mol. The second kappa shape index (κ2) is 15.4. The summed E-state index contributed by atoms with van der Waals surface area (Å²) >= 11 is 0. The molecule has 3 atom stereocenters. The van der Waals surface area contributed by atoms with Crippen LogP contribution >= 0.6 is 0 Å². The fourth-order valence-corrected chi connectivity index (χ4v) is 5.37. The Morgan fingerprint density at radius 1 is 0.907 bits per heavy atom. The van der Waals surface area contributed by atoms with E-state index in [0.29, 0.717) is 12.2 Å². The van der Waals surface area contributed by atoms with Gasteiger partial charge in [-0.05, 0) is 47.7 Å². The predicted octanol–water partition coefficient (Wildman–Crippen LogP) is 3.45. The molecule has 2 N–H and O–H groups in total. The lowest BCUT2D eigenvalue weighted by atomic mass is 9.98. The Labute approximate surface area is 253 Å². The molecule has 1 heterocycles. The summed E-state index contributed by atoms with van der Waals surface area (Å²) in [6.45, 7) is 1.19. The van der Waals surface area contributed by atoms with E-state index < -0.39 is 29.7 Å². The molecule has 0 aliphatic carbocycles. The van der Waals surface area contributed by atoms with Gasteiger partial charge < -0.3 is 25.2 Å². The van der Waals surface area contributed by atoms with Crippen molar-refractivity contribution >= 4 is 17.7 Å². The number of likely N-dealkylation sites (N-methyl/N-ethyl adjacent to an activating group) is 3. The van der Waals surface area contributed by atoms with E-state index in [1.807, 2.05) is 54.6 Å². The Morgan fingerprint density at radius 3 is 2.23 bits per heavy atom. The molecule has 43 heavy (non-hydrogen) atoms. The molecular formula is C34H41FN4O4. The maximum atomic E-state index is 14.5. The molecule has 1 unspecified atom stereocenters. The highest BCUT2D eigenvalue weighted by molar-refractivity contribution is 5.92. The molecule has 8 nitrogen and oxygen atoms in total. The molecule has 0 saturated carbocycles. The Bertz CT molecular complexity index is 1360. The number of nitrogens with one attached hydrogen (secondary N) is 2. The summed E-state index contributed by atoms with van der Waals surface area (Å²) in [7, 11) is 4.59. The van der Waals surface area contributed by atoms with Gasteiger partial charge >= 0.3 is 0 Å². The Hall–Kier alpha value is -4.08. The fourth-order valence-electron chi connectivity index (χ4n) is 5.37. The van der Waals surface area contributed by atoms with Gasteiger partial charge in [0.25, 0.3) is 0 Å². The molecule has 0 bridgehead atoms. The van der Waals surface area contributed by atoms with Crippen LogP contribution in [0.15, 0.2) is 78.9 Å². The lowest BCUT2D eigenvalue weighted by molar-refractivity contribution is -0.149. The number of ether oxygens (including phenoxy) is 1. The molecule has 9 heteroatoms. The van der Waals surface area contributed by atoms with Crippen LogP contribution in [0.4, 0.5) is 4.39 Å². The van der Waals surface area contributed by atoms with Gasteiger partial charge in [0.2, 0.25) is 17.7 Å². The molecule has 3 aromatic rings. The summed E-state index contributed by atoms with van der Waals surface area (Å²) in [4.78, 5) is 43.1. The first kappa shape index (κ1) is 31.8. The van der Waals surface area contributed by atoms with Gasteiger partial charge in [0, 0.05) is 40.0 Å². The van der Waals surface area contributed by atoms with Gasteiger partial charge in [0.05, 0.1) is 6.61 Å². The van der Waals surface area contributed by atoms with Gasteiger partial charge in [-0.15, -0.1) is 0 Å². The van der Waals surface area contributed by atoms with Crippen molar-refractivity contribution in [2.45, 2.75) is 43.8 Å². The number of benzene rings is 3. The van der Waals surface area contributed by atoms with E-state index in [1.54, 1.807) is 25.2 Å². The van der Waals surface area contributed by atoms with Gasteiger partial charge in [-0.2, -0.15) is 0 Å². The molecule has 0 radical (unpaired) electrons. The normalized spacial score (nSPS) is 15.9. The second-order valence-electron chi connectivity index (χ2n) is 11.0. The van der Waals surface area contributed by atoms with Crippen molar-refractivity contribution < 1.29 is 23.5 Å². The number of rotatable bonds is 13. The lowest BCUT2D eigenvalue weighted by Crippen LogP contribution is -2.56. The first-order valence-corrected chi connectivity index (χ1v) is 14.7. The van der Waals surface area contributed by atoms with E-state index >= 15 is 0 Å². The predicted molar refractivity (Wildman–Crippen MR) is 165 cm³/mol. The summed E-state index contributed by atoms with van der Waals surface area (Å²) < 4.78 is 20.3. The van der Waals surface area contributed by atoms with E-state index in [2.05, 4.69) is 10.6 Å². The number of hydrogen-bond donors (Lipinski definition) is 2. The van der Waals surface area contributed by atoms with Crippen LogP contribution < -0.4 is 10.6 Å². The number of carbonyl (C=O) groups is 3. The molecule has 4 rings (SSSR count). The van der Waals surface area contributed by atoms with E-state index in [9.17, 15) is 18.8 Å². The third-order valence-corrected chi connectivity index (χ3v) is 8.08. The van der Waals surface area contributed by atoms with E-state index in [-0.39, 0.29) is 31.4 Å². The van der Waals surface area contributed by atoms with Gasteiger partial charge in [-0.25, -0.2) is 4.39 Å². The smallest absolute Gasteiger partial charge is 0.249 e. The first-order chi connectivity index (χ1) is 20.8. The molecule has 3 aromatic carbocycles. The van der Waals surface area contributed by atoms with Gasteiger partial charge in [-0.1, -0.05) is 72.8 Å². The Morgan fingerprint density at radius 2 is 1.58 bits per heavy atom. The fraction of sp³-hybridized carbons (Fsp3) is 0.382. The molecule has 1 aliphatic rings. The topological polar surface area (TPSA) is 91.0 Å². The minimum atomic E-state index is -0.981. The summed E-state index contributed by atoms with van der Waals surface area (Å²) in [6, 6.07) is 22.3. The third-order valence-electron chi connectivity index (χ3n) is 8.08. The third kappa shape index (κ3) is 8.49. The summed E-state index contributed by atoms with van der Waals surface area (Å²) in [5.41, 5.74) is 3.28. The van der Waals surface area contributed by atoms with Crippen LogP contribution in [0.2, 0.25) is 0 Å². The minimum absolute atomic E-state index is 0.0117. The van der Waals surface area contributed by atoms with Crippen LogP contribution in [-0.4, -0.2) is 86.5 Å². The minimum Gasteiger partial charge on any atom is -0.370 e. The van der Waals surface area contributed by atoms with Crippen LogP contribution in [0.1, 0.15) is 24.0 Å². The number of hydrogen-bond acceptors (Lipinski definition) is 5. The molecule has 1 fully saturated rings. The van der Waals surface area contributed by atoms with Crippen molar-refractivity contribution in [3.63, 3.8) is 0 Å². The zero-order valence-electron chi connectivity index (χ0n) is 25.1. The highest BCUT2D eigenvalue weighted by Gasteiger charge is 2.35. The summed E-state index contributed by atoms with van der Waals surface area (Å²) in [5, 5.41) is 5.94. The highest BCUT2D eigenvalue weighted by Crippen LogP contribution is 2.22. The van der Waals surface area contributed by atoms with Crippen molar-refractivity contribution in [2.24, 2.45) is 0 Å². The zero-order chi connectivity index (χ0) is 30.8. The van der Waals surface area contributed by atoms with E-state index in [0.717, 1.165) is 36.1 Å². The largest absolute Gasteiger partial charge is 0.370 e. The molecule has 1 aliphatic heterocycles. The Balaban J connectivity index is 1.55. The van der Waals surface area contributed by atoms with E-state index in [1.165, 1.54) is 30.0 Å². The average Bonchev–Trinajstić information content (AvgIpc) is 3.56. The van der Waals surface area contributed by atoms with Gasteiger partial charge in [-0.3, -0.25) is 14.4 Å². The van der Waals surface area contributed by atoms with Crippen LogP contribution in [0.5, 0.6) is 0 Å². The number of nitrogens with zero attached hydrogens (tertiary/aromatic N) is 2. The van der Waals surface area contributed by atoms with Crippen molar-refractivity contribution in [2.75, 3.05) is 40.9 Å². The van der Waals surface area contributed by atoms with Gasteiger partial charge in [0.15, 0.2) is 0 Å². The van der Waals surface area contributed by atoms with Crippen LogP contribution in [-0.2, 0) is 32.0 Å². The van der Waals surface area contributed by atoms with Crippen LogP contribution in [0.3, 0.4) is 0 Å². The van der Waals surface area contributed by atoms with Crippen molar-refractivity contribution in [3.05, 3.63) is 95.8 Å². The highest BCUT2D eigenvalue weighted by atomic mass is 19.1. The molecule has 228 valence electrons. The molecule has 1 saturated heterocycles. The van der Waals surface area contributed by atoms with Crippen molar-refractivity contribution in [1.82, 2.24) is 20.4 Å². The quantitative estimate of drug-likeness (QED) is 0.319. The monoisotopic (exact) mass is 588 g/mol. The first-order valence-electron chi connectivity index (χ1n) is 14.7. The molecular weight excluding hydrogens is 547 g/mol. The molecule has 0 aromatic heterocycles.